The lowest BCUT2D eigenvalue weighted by atomic mass is 9.44. The van der Waals surface area contributed by atoms with Crippen LogP contribution in [0.25, 0.3) is 0 Å². The molecule has 1 heterocycles. The number of nitrogens with one attached hydrogen (secondary N) is 2. The highest BCUT2D eigenvalue weighted by atomic mass is 16.6. The maximum Gasteiger partial charge on any atom is 0.338 e. The molecule has 0 unspecified atom stereocenters. The average Bonchev–Trinajstić information content (AvgIpc) is 3.29. The van der Waals surface area contributed by atoms with E-state index in [1.54, 1.807) is 88.4 Å². The van der Waals surface area contributed by atoms with Gasteiger partial charge in [0.25, 0.3) is 5.91 Å². The number of esters is 4. The fourth-order valence-corrected chi connectivity index (χ4v) is 11.1. The minimum absolute atomic E-state index is 0.0495. The molecule has 3 aromatic rings. The van der Waals surface area contributed by atoms with Gasteiger partial charge in [-0.05, 0) is 67.4 Å². The van der Waals surface area contributed by atoms with Gasteiger partial charge in [0, 0.05) is 58.4 Å². The Morgan fingerprint density at radius 2 is 1.49 bits per heavy atom. The molecule has 0 aromatic heterocycles. The van der Waals surface area contributed by atoms with E-state index in [2.05, 4.69) is 10.6 Å². The van der Waals surface area contributed by atoms with E-state index in [0.29, 0.717) is 17.7 Å². The lowest BCUT2D eigenvalue weighted by Crippen LogP contribution is -2.82. The number of aliphatic hydroxyl groups is 1. The molecule has 3 aromatic carbocycles. The molecular weight excluding hydrogens is 865 g/mol. The van der Waals surface area contributed by atoms with Crippen molar-refractivity contribution in [2.75, 3.05) is 27.9 Å². The standard InChI is InChI=1S/C51H60N2O14/c1-28-35(65-47(59)41(62-9)39(32-16-12-10-13-17-32)53-45(57)33-22-20-31(21-23-33)26-52-7)25-51(60)44(66-46(58)34-18-14-11-15-19-34)42-49(6,43(56)40(64-29(2)54)38(28)48(51,4)5)36(61-8)24-37-50(42,27-63-37)67-30(3)55/h10-23,35-37,39-42,44,52,60H,24-27H2,1-9H3,(H,53,57)/t35-,36-,37+,39-,40+,41+,42-,44-,49+,50-,51+/m0/s1. The number of carbonyl (C=O) groups is 6. The maximum atomic E-state index is 15.8. The van der Waals surface area contributed by atoms with Crippen LogP contribution in [0.4, 0.5) is 0 Å². The Kier molecular flexibility index (Phi) is 14.0. The minimum Gasteiger partial charge on any atom is -0.456 e. The van der Waals surface area contributed by atoms with E-state index in [4.69, 9.17) is 33.2 Å². The van der Waals surface area contributed by atoms with Crippen LogP contribution in [0.1, 0.15) is 92.3 Å². The van der Waals surface area contributed by atoms with Crippen LogP contribution in [-0.2, 0) is 58.9 Å². The quantitative estimate of drug-likeness (QED) is 0.113. The first-order valence-corrected chi connectivity index (χ1v) is 22.4. The zero-order valence-electron chi connectivity index (χ0n) is 39.3. The topological polar surface area (TPSA) is 211 Å². The smallest absolute Gasteiger partial charge is 0.338 e. The average molecular weight is 925 g/mol. The molecule has 1 amide bonds. The van der Waals surface area contributed by atoms with Crippen molar-refractivity contribution in [1.82, 2.24) is 10.6 Å². The number of Topliss-reactive ketones (excluding diaryl/α,β-unsaturated/α-hetero) is 1. The Bertz CT molecular complexity index is 2410. The van der Waals surface area contributed by atoms with Gasteiger partial charge in [-0.3, -0.25) is 19.2 Å². The zero-order valence-corrected chi connectivity index (χ0v) is 39.3. The highest BCUT2D eigenvalue weighted by Gasteiger charge is 2.78. The Morgan fingerprint density at radius 3 is 2.04 bits per heavy atom. The van der Waals surface area contributed by atoms with E-state index in [1.807, 2.05) is 19.2 Å². The number of hydrogen-bond acceptors (Lipinski definition) is 15. The van der Waals surface area contributed by atoms with E-state index in [9.17, 15) is 29.1 Å². The summed E-state index contributed by atoms with van der Waals surface area (Å²) in [5.74, 6) is -5.96. The summed E-state index contributed by atoms with van der Waals surface area (Å²) in [6.07, 6.45) is -8.58. The summed E-state index contributed by atoms with van der Waals surface area (Å²) in [7, 11) is 4.51. The van der Waals surface area contributed by atoms with Gasteiger partial charge in [0.05, 0.1) is 35.6 Å². The zero-order chi connectivity index (χ0) is 48.6. The first-order chi connectivity index (χ1) is 31.8. The van der Waals surface area contributed by atoms with Crippen molar-refractivity contribution in [3.8, 4) is 0 Å². The molecule has 358 valence electrons. The van der Waals surface area contributed by atoms with Crippen LogP contribution in [0.3, 0.4) is 0 Å². The van der Waals surface area contributed by atoms with Crippen molar-refractivity contribution in [3.63, 3.8) is 0 Å². The molecule has 0 radical (unpaired) electrons. The second-order valence-corrected chi connectivity index (χ2v) is 18.6. The Morgan fingerprint density at radius 1 is 0.851 bits per heavy atom. The van der Waals surface area contributed by atoms with Crippen molar-refractivity contribution in [2.24, 2.45) is 16.7 Å². The molecule has 2 saturated carbocycles. The summed E-state index contributed by atoms with van der Waals surface area (Å²) in [4.78, 5) is 85.4. The van der Waals surface area contributed by atoms with E-state index in [1.165, 1.54) is 33.3 Å². The number of amides is 1. The van der Waals surface area contributed by atoms with Crippen LogP contribution < -0.4 is 10.6 Å². The monoisotopic (exact) mass is 924 g/mol. The first kappa shape index (κ1) is 49.1. The van der Waals surface area contributed by atoms with Gasteiger partial charge in [0.15, 0.2) is 23.6 Å². The van der Waals surface area contributed by atoms with Crippen molar-refractivity contribution in [2.45, 2.75) is 115 Å². The van der Waals surface area contributed by atoms with Gasteiger partial charge in [-0.25, -0.2) is 9.59 Å². The van der Waals surface area contributed by atoms with E-state index in [0.717, 1.165) is 12.5 Å². The summed E-state index contributed by atoms with van der Waals surface area (Å²) in [6, 6.07) is 22.7. The second-order valence-electron chi connectivity index (χ2n) is 18.6. The van der Waals surface area contributed by atoms with Crippen molar-refractivity contribution >= 4 is 35.6 Å². The molecule has 11 atom stereocenters. The van der Waals surface area contributed by atoms with Gasteiger partial charge in [-0.1, -0.05) is 74.5 Å². The van der Waals surface area contributed by atoms with Gasteiger partial charge >= 0.3 is 23.9 Å². The third-order valence-corrected chi connectivity index (χ3v) is 14.5. The molecule has 67 heavy (non-hydrogen) atoms. The first-order valence-electron chi connectivity index (χ1n) is 22.4. The molecule has 1 aliphatic heterocycles. The number of benzene rings is 3. The SMILES string of the molecule is CNCc1ccc(C(=O)N[C@@H](c2ccccc2)[C@@H](OC)C(=O)O[C@H]2C[C@@]3(O)[C@@H](OC(=O)c4ccccc4)[C@@H]4[C@]5(OC(C)=O)CO[C@@H]5C[C@H](OC)[C@@]4(C)C(=O)[C@H](OC(C)=O)C(=C2C)C3(C)C)cc1. The lowest BCUT2D eigenvalue weighted by Gasteiger charge is -2.67. The second kappa shape index (κ2) is 19.1. The fraction of sp³-hybridized carbons (Fsp3) is 0.490. The third-order valence-electron chi connectivity index (χ3n) is 14.5. The molecule has 0 spiro atoms. The van der Waals surface area contributed by atoms with Crippen LogP contribution in [0, 0.1) is 16.7 Å². The van der Waals surface area contributed by atoms with E-state index >= 15 is 4.79 Å². The molecule has 16 heteroatoms. The van der Waals surface area contributed by atoms with Gasteiger partial charge in [0.1, 0.15) is 23.9 Å². The molecule has 4 aliphatic rings. The third kappa shape index (κ3) is 8.58. The Balaban J connectivity index is 1.38. The Labute approximate surface area is 390 Å². The maximum absolute atomic E-state index is 15.8. The van der Waals surface area contributed by atoms with E-state index < -0.39 is 113 Å². The van der Waals surface area contributed by atoms with Crippen LogP contribution >= 0.6 is 0 Å². The summed E-state index contributed by atoms with van der Waals surface area (Å²) >= 11 is 0. The predicted octanol–water partition coefficient (Wildman–Crippen LogP) is 4.76. The van der Waals surface area contributed by atoms with Crippen LogP contribution in [0.5, 0.6) is 0 Å². The van der Waals surface area contributed by atoms with Gasteiger partial charge < -0.3 is 48.9 Å². The summed E-state index contributed by atoms with van der Waals surface area (Å²) in [6.45, 7) is 9.17. The summed E-state index contributed by atoms with van der Waals surface area (Å²) < 4.78 is 43.1. The van der Waals surface area contributed by atoms with Crippen LogP contribution in [-0.4, -0.2) is 116 Å². The normalized spacial score (nSPS) is 30.4. The fourth-order valence-electron chi connectivity index (χ4n) is 11.1. The van der Waals surface area contributed by atoms with Gasteiger partial charge in [0.2, 0.25) is 0 Å². The minimum atomic E-state index is -2.31. The lowest BCUT2D eigenvalue weighted by molar-refractivity contribution is -0.347. The predicted molar refractivity (Wildman–Crippen MR) is 240 cm³/mol. The number of hydrogen-bond donors (Lipinski definition) is 3. The van der Waals surface area contributed by atoms with E-state index in [-0.39, 0.29) is 29.7 Å². The largest absolute Gasteiger partial charge is 0.456 e. The molecule has 16 nitrogen and oxygen atoms in total. The van der Waals surface area contributed by atoms with Crippen molar-refractivity contribution in [3.05, 3.63) is 118 Å². The number of fused-ring (bicyclic) bond motifs is 5. The molecule has 2 bridgehead atoms. The number of ether oxygens (including phenoxy) is 7. The summed E-state index contributed by atoms with van der Waals surface area (Å²) in [5.41, 5.74) is -5.09. The van der Waals surface area contributed by atoms with Crippen molar-refractivity contribution < 1.29 is 67.0 Å². The summed E-state index contributed by atoms with van der Waals surface area (Å²) in [5, 5.41) is 20.0. The highest BCUT2D eigenvalue weighted by molar-refractivity contribution is 5.96. The molecule has 3 N–H and O–H groups in total. The molecular formula is C51H60N2O14. The number of carbonyl (C=O) groups excluding carboxylic acids is 6. The van der Waals surface area contributed by atoms with Crippen molar-refractivity contribution in [1.29, 1.82) is 0 Å². The van der Waals surface area contributed by atoms with Gasteiger partial charge in [-0.15, -0.1) is 0 Å². The van der Waals surface area contributed by atoms with Crippen LogP contribution in [0.2, 0.25) is 0 Å². The number of methoxy groups -OCH3 is 2. The van der Waals surface area contributed by atoms with Gasteiger partial charge in [-0.2, -0.15) is 0 Å². The van der Waals surface area contributed by atoms with Crippen LogP contribution in [0.15, 0.2) is 96.1 Å². The molecule has 7 rings (SSSR count). The highest BCUT2D eigenvalue weighted by Crippen LogP contribution is 2.65. The molecule has 3 fully saturated rings. The number of ketones is 1. The molecule has 3 aliphatic carbocycles. The Hall–Kier alpha value is -5.78. The number of rotatable bonds is 14. The molecule has 1 saturated heterocycles.